The minimum Gasteiger partial charge on any atom is -0.385 e. The van der Waals surface area contributed by atoms with Crippen LogP contribution in [0.2, 0.25) is 0 Å². The molecule has 1 N–H and O–H groups in total. The molecular weight excluding hydrogens is 188 g/mol. The van der Waals surface area contributed by atoms with Gasteiger partial charge in [0.25, 0.3) is 0 Å². The summed E-state index contributed by atoms with van der Waals surface area (Å²) in [5.74, 6) is 0. The Kier molecular flexibility index (Phi) is 6.22. The van der Waals surface area contributed by atoms with E-state index in [9.17, 15) is 0 Å². The molecule has 2 atom stereocenters. The molecule has 0 bridgehead atoms. The Morgan fingerprint density at radius 3 is 2.87 bits per heavy atom. The Labute approximate surface area is 94.2 Å². The molecular formula is C12H26N2O. The first-order valence-electron chi connectivity index (χ1n) is 6.24. The van der Waals surface area contributed by atoms with E-state index in [1.54, 1.807) is 7.11 Å². The highest BCUT2D eigenvalue weighted by Gasteiger charge is 2.19. The molecule has 3 nitrogen and oxygen atoms in total. The Balaban J connectivity index is 2.26. The second-order valence-electron chi connectivity index (χ2n) is 4.51. The predicted molar refractivity (Wildman–Crippen MR) is 64.2 cm³/mol. The van der Waals surface area contributed by atoms with Crippen LogP contribution in [-0.2, 0) is 4.74 Å². The molecule has 90 valence electrons. The van der Waals surface area contributed by atoms with Gasteiger partial charge < -0.3 is 10.1 Å². The van der Waals surface area contributed by atoms with E-state index in [0.29, 0.717) is 6.04 Å². The SMILES string of the molecule is CCN(CC1CCCN1)C(C)CCOC. The van der Waals surface area contributed by atoms with Crippen LogP contribution in [0.3, 0.4) is 0 Å². The molecule has 0 radical (unpaired) electrons. The third kappa shape index (κ3) is 4.49. The molecule has 0 aromatic carbocycles. The summed E-state index contributed by atoms with van der Waals surface area (Å²) in [4.78, 5) is 2.56. The highest BCUT2D eigenvalue weighted by molar-refractivity contribution is 4.79. The Morgan fingerprint density at radius 2 is 2.33 bits per heavy atom. The first-order valence-corrected chi connectivity index (χ1v) is 6.24. The van der Waals surface area contributed by atoms with Crippen LogP contribution in [0.15, 0.2) is 0 Å². The first-order chi connectivity index (χ1) is 7.27. The van der Waals surface area contributed by atoms with Gasteiger partial charge in [0, 0.05) is 32.3 Å². The fourth-order valence-corrected chi connectivity index (χ4v) is 2.29. The molecule has 0 aromatic heterocycles. The molecule has 15 heavy (non-hydrogen) atoms. The number of hydrogen-bond acceptors (Lipinski definition) is 3. The average molecular weight is 214 g/mol. The molecule has 1 fully saturated rings. The van der Waals surface area contributed by atoms with E-state index in [2.05, 4.69) is 24.1 Å². The Hall–Kier alpha value is -0.120. The molecule has 0 saturated carbocycles. The van der Waals surface area contributed by atoms with Crippen LogP contribution in [0.5, 0.6) is 0 Å². The zero-order valence-corrected chi connectivity index (χ0v) is 10.5. The number of methoxy groups -OCH3 is 1. The number of likely N-dealkylation sites (N-methyl/N-ethyl adjacent to an activating group) is 1. The van der Waals surface area contributed by atoms with Crippen LogP contribution < -0.4 is 5.32 Å². The van der Waals surface area contributed by atoms with Crippen molar-refractivity contribution in [1.82, 2.24) is 10.2 Å². The van der Waals surface area contributed by atoms with Crippen LogP contribution in [0.25, 0.3) is 0 Å². The van der Waals surface area contributed by atoms with E-state index in [0.717, 1.165) is 25.6 Å². The summed E-state index contributed by atoms with van der Waals surface area (Å²) in [5.41, 5.74) is 0. The molecule has 1 saturated heterocycles. The molecule has 1 heterocycles. The summed E-state index contributed by atoms with van der Waals surface area (Å²) in [5, 5.41) is 3.56. The summed E-state index contributed by atoms with van der Waals surface area (Å²) < 4.78 is 5.13. The minimum absolute atomic E-state index is 0.636. The number of nitrogens with one attached hydrogen (secondary N) is 1. The molecule has 0 aliphatic carbocycles. The molecule has 1 aliphatic rings. The van der Waals surface area contributed by atoms with Gasteiger partial charge in [-0.3, -0.25) is 4.90 Å². The molecule has 3 heteroatoms. The molecule has 1 rings (SSSR count). The summed E-state index contributed by atoms with van der Waals surface area (Å²) in [6.45, 7) is 8.96. The van der Waals surface area contributed by atoms with E-state index in [4.69, 9.17) is 4.74 Å². The predicted octanol–water partition coefficient (Wildman–Crippen LogP) is 1.49. The van der Waals surface area contributed by atoms with Crippen molar-refractivity contribution in [3.8, 4) is 0 Å². The van der Waals surface area contributed by atoms with Crippen LogP contribution in [0, 0.1) is 0 Å². The maximum Gasteiger partial charge on any atom is 0.0477 e. The lowest BCUT2D eigenvalue weighted by atomic mass is 10.1. The Bertz CT molecular complexity index is 158. The highest BCUT2D eigenvalue weighted by atomic mass is 16.5. The van der Waals surface area contributed by atoms with Crippen molar-refractivity contribution < 1.29 is 4.74 Å². The van der Waals surface area contributed by atoms with Crippen LogP contribution in [0.4, 0.5) is 0 Å². The van der Waals surface area contributed by atoms with Gasteiger partial charge in [-0.25, -0.2) is 0 Å². The van der Waals surface area contributed by atoms with Gasteiger partial charge >= 0.3 is 0 Å². The lowest BCUT2D eigenvalue weighted by Crippen LogP contribution is -2.42. The van der Waals surface area contributed by atoms with Gasteiger partial charge in [-0.1, -0.05) is 6.92 Å². The maximum atomic E-state index is 5.13. The largest absolute Gasteiger partial charge is 0.385 e. The zero-order chi connectivity index (χ0) is 11.1. The van der Waals surface area contributed by atoms with E-state index in [1.165, 1.54) is 25.9 Å². The lowest BCUT2D eigenvalue weighted by Gasteiger charge is -2.30. The Morgan fingerprint density at radius 1 is 1.53 bits per heavy atom. The first kappa shape index (κ1) is 12.9. The fourth-order valence-electron chi connectivity index (χ4n) is 2.29. The normalized spacial score (nSPS) is 23.6. The summed E-state index contributed by atoms with van der Waals surface area (Å²) in [6, 6.07) is 1.35. The number of nitrogens with zero attached hydrogens (tertiary/aromatic N) is 1. The number of ether oxygens (including phenoxy) is 1. The molecule has 0 spiro atoms. The zero-order valence-electron chi connectivity index (χ0n) is 10.5. The van der Waals surface area contributed by atoms with Gasteiger partial charge in [-0.2, -0.15) is 0 Å². The number of hydrogen-bond donors (Lipinski definition) is 1. The van der Waals surface area contributed by atoms with Crippen molar-refractivity contribution in [2.45, 2.75) is 45.2 Å². The standard InChI is InChI=1S/C12H26N2O/c1-4-14(11(2)7-9-15-3)10-12-6-5-8-13-12/h11-13H,4-10H2,1-3H3. The van der Waals surface area contributed by atoms with Gasteiger partial charge in [0.2, 0.25) is 0 Å². The summed E-state index contributed by atoms with van der Waals surface area (Å²) >= 11 is 0. The highest BCUT2D eigenvalue weighted by Crippen LogP contribution is 2.10. The second kappa shape index (κ2) is 7.20. The molecule has 1 aliphatic heterocycles. The van der Waals surface area contributed by atoms with Crippen molar-refractivity contribution in [3.05, 3.63) is 0 Å². The van der Waals surface area contributed by atoms with Gasteiger partial charge in [0.1, 0.15) is 0 Å². The van der Waals surface area contributed by atoms with Crippen LogP contribution >= 0.6 is 0 Å². The smallest absolute Gasteiger partial charge is 0.0477 e. The molecule has 2 unspecified atom stereocenters. The van der Waals surface area contributed by atoms with Gasteiger partial charge in [0.15, 0.2) is 0 Å². The second-order valence-corrected chi connectivity index (χ2v) is 4.51. The third-order valence-corrected chi connectivity index (χ3v) is 3.39. The average Bonchev–Trinajstić information content (AvgIpc) is 2.75. The molecule has 0 amide bonds. The van der Waals surface area contributed by atoms with Crippen molar-refractivity contribution in [2.75, 3.05) is 33.4 Å². The van der Waals surface area contributed by atoms with E-state index >= 15 is 0 Å². The lowest BCUT2D eigenvalue weighted by molar-refractivity contribution is 0.135. The van der Waals surface area contributed by atoms with Gasteiger partial charge in [-0.05, 0) is 39.3 Å². The van der Waals surface area contributed by atoms with Crippen molar-refractivity contribution in [2.24, 2.45) is 0 Å². The topological polar surface area (TPSA) is 24.5 Å². The molecule has 0 aromatic rings. The van der Waals surface area contributed by atoms with E-state index < -0.39 is 0 Å². The quantitative estimate of drug-likeness (QED) is 0.695. The summed E-state index contributed by atoms with van der Waals surface area (Å²) in [6.07, 6.45) is 3.82. The van der Waals surface area contributed by atoms with Crippen molar-refractivity contribution in [3.63, 3.8) is 0 Å². The van der Waals surface area contributed by atoms with Crippen molar-refractivity contribution >= 4 is 0 Å². The van der Waals surface area contributed by atoms with E-state index in [-0.39, 0.29) is 0 Å². The maximum absolute atomic E-state index is 5.13. The van der Waals surface area contributed by atoms with Gasteiger partial charge in [0.05, 0.1) is 0 Å². The minimum atomic E-state index is 0.636. The number of rotatable bonds is 7. The summed E-state index contributed by atoms with van der Waals surface area (Å²) in [7, 11) is 1.78. The van der Waals surface area contributed by atoms with Crippen LogP contribution in [-0.4, -0.2) is 50.3 Å². The monoisotopic (exact) mass is 214 g/mol. The van der Waals surface area contributed by atoms with Crippen LogP contribution in [0.1, 0.15) is 33.1 Å². The van der Waals surface area contributed by atoms with Crippen molar-refractivity contribution in [1.29, 1.82) is 0 Å². The van der Waals surface area contributed by atoms with Gasteiger partial charge in [-0.15, -0.1) is 0 Å². The third-order valence-electron chi connectivity index (χ3n) is 3.39. The van der Waals surface area contributed by atoms with E-state index in [1.807, 2.05) is 0 Å². The fraction of sp³-hybridized carbons (Fsp3) is 1.00.